The fourth-order valence-corrected chi connectivity index (χ4v) is 3.57. The number of thiophene rings is 1. The van der Waals surface area contributed by atoms with Crippen molar-refractivity contribution >= 4 is 22.9 Å². The van der Waals surface area contributed by atoms with Crippen molar-refractivity contribution < 1.29 is 22.4 Å². The number of anilines is 1. The van der Waals surface area contributed by atoms with E-state index in [1.54, 1.807) is 29.5 Å². The van der Waals surface area contributed by atoms with Gasteiger partial charge in [-0.15, -0.1) is 11.3 Å². The van der Waals surface area contributed by atoms with E-state index in [-0.39, 0.29) is 11.5 Å². The summed E-state index contributed by atoms with van der Waals surface area (Å²) in [7, 11) is 0. The minimum absolute atomic E-state index is 0.0885. The molecule has 29 heavy (non-hydrogen) atoms. The molecule has 0 bridgehead atoms. The van der Waals surface area contributed by atoms with Gasteiger partial charge in [0.25, 0.3) is 0 Å². The first-order valence-electron chi connectivity index (χ1n) is 8.82. The minimum Gasteiger partial charge on any atom is -0.318 e. The van der Waals surface area contributed by atoms with Crippen LogP contribution in [0.4, 0.5) is 23.2 Å². The molecule has 0 unspecified atom stereocenters. The van der Waals surface area contributed by atoms with Gasteiger partial charge in [-0.1, -0.05) is 24.3 Å². The van der Waals surface area contributed by atoms with Crippen molar-refractivity contribution in [1.82, 2.24) is 5.32 Å². The molecule has 0 saturated heterocycles. The smallest absolute Gasteiger partial charge is 0.318 e. The molecule has 0 saturated carbocycles. The lowest BCUT2D eigenvalue weighted by Crippen LogP contribution is -2.29. The lowest BCUT2D eigenvalue weighted by Gasteiger charge is -2.08. The highest BCUT2D eigenvalue weighted by atomic mass is 32.1. The predicted octanol–water partition coefficient (Wildman–Crippen LogP) is 5.39. The molecular formula is C21H18F4N2OS. The third-order valence-corrected chi connectivity index (χ3v) is 5.10. The fourth-order valence-electron chi connectivity index (χ4n) is 2.71. The molecule has 8 heteroatoms. The van der Waals surface area contributed by atoms with Gasteiger partial charge < -0.3 is 10.6 Å². The summed E-state index contributed by atoms with van der Waals surface area (Å²) < 4.78 is 50.0. The van der Waals surface area contributed by atoms with E-state index in [1.165, 1.54) is 24.3 Å². The molecule has 0 atom stereocenters. The summed E-state index contributed by atoms with van der Waals surface area (Å²) in [6, 6.07) is 14.7. The maximum atomic E-state index is 13.2. The van der Waals surface area contributed by atoms with Crippen LogP contribution in [0.1, 0.15) is 10.4 Å². The Bertz CT molecular complexity index is 967. The van der Waals surface area contributed by atoms with Crippen molar-refractivity contribution in [2.24, 2.45) is 0 Å². The first kappa shape index (κ1) is 21.0. The molecule has 3 aromatic rings. The Kier molecular flexibility index (Phi) is 6.66. The lowest BCUT2D eigenvalue weighted by atomic mass is 10.1. The van der Waals surface area contributed by atoms with E-state index < -0.39 is 12.1 Å². The van der Waals surface area contributed by atoms with E-state index in [4.69, 9.17) is 0 Å². The number of benzene rings is 2. The maximum absolute atomic E-state index is 13.2. The van der Waals surface area contributed by atoms with Gasteiger partial charge in [-0.3, -0.25) is 4.79 Å². The Morgan fingerprint density at radius 1 is 1.00 bits per heavy atom. The normalized spacial score (nSPS) is 11.4. The number of nitrogens with one attached hydrogen (secondary N) is 2. The topological polar surface area (TPSA) is 41.1 Å². The second-order valence-electron chi connectivity index (χ2n) is 6.39. The average molecular weight is 422 g/mol. The number of carbonyl (C=O) groups excluding carboxylic acids is 1. The van der Waals surface area contributed by atoms with Gasteiger partial charge in [0.2, 0.25) is 0 Å². The standard InChI is InChI=1S/C21H18F4N2OS/c22-17-3-1-2-14(10-17)8-9-26-12-19-11-16(13-29-19)15-4-6-18(7-5-15)27-20(28)21(23,24)25/h1-7,10-11,13,26H,8-9,12H2,(H,27,28). The van der Waals surface area contributed by atoms with Crippen molar-refractivity contribution in [3.63, 3.8) is 0 Å². The highest BCUT2D eigenvalue weighted by Gasteiger charge is 2.38. The molecule has 0 aliphatic heterocycles. The van der Waals surface area contributed by atoms with Gasteiger partial charge in [0.15, 0.2) is 0 Å². The molecule has 0 aliphatic rings. The average Bonchev–Trinajstić information content (AvgIpc) is 3.14. The minimum atomic E-state index is -4.91. The second kappa shape index (κ2) is 9.19. The Hall–Kier alpha value is -2.71. The van der Waals surface area contributed by atoms with Crippen LogP contribution >= 0.6 is 11.3 Å². The number of rotatable bonds is 7. The molecular weight excluding hydrogens is 404 g/mol. The van der Waals surface area contributed by atoms with Crippen molar-refractivity contribution in [1.29, 1.82) is 0 Å². The van der Waals surface area contributed by atoms with Crippen LogP contribution in [0.25, 0.3) is 11.1 Å². The number of hydrogen-bond acceptors (Lipinski definition) is 3. The van der Waals surface area contributed by atoms with Crippen LogP contribution in [0, 0.1) is 5.82 Å². The third kappa shape index (κ3) is 6.13. The van der Waals surface area contributed by atoms with Crippen LogP contribution in [-0.4, -0.2) is 18.6 Å². The Labute approximate surface area is 169 Å². The van der Waals surface area contributed by atoms with Gasteiger partial charge in [-0.2, -0.15) is 13.2 Å². The van der Waals surface area contributed by atoms with Crippen molar-refractivity contribution in [3.8, 4) is 11.1 Å². The number of carbonyl (C=O) groups is 1. The summed E-state index contributed by atoms with van der Waals surface area (Å²) >= 11 is 1.57. The highest BCUT2D eigenvalue weighted by Crippen LogP contribution is 2.27. The zero-order valence-corrected chi connectivity index (χ0v) is 16.0. The van der Waals surface area contributed by atoms with Gasteiger partial charge in [-0.25, -0.2) is 4.39 Å². The number of amides is 1. The Balaban J connectivity index is 1.51. The van der Waals surface area contributed by atoms with Gasteiger partial charge in [0.05, 0.1) is 0 Å². The summed E-state index contributed by atoms with van der Waals surface area (Å²) in [5.41, 5.74) is 2.82. The molecule has 1 aromatic heterocycles. The number of halogens is 4. The monoisotopic (exact) mass is 422 g/mol. The molecule has 0 radical (unpaired) electrons. The number of hydrogen-bond donors (Lipinski definition) is 2. The zero-order chi connectivity index (χ0) is 20.9. The summed E-state index contributed by atoms with van der Waals surface area (Å²) in [4.78, 5) is 12.1. The first-order valence-corrected chi connectivity index (χ1v) is 9.70. The van der Waals surface area contributed by atoms with Crippen molar-refractivity contribution in [3.05, 3.63) is 76.2 Å². The highest BCUT2D eigenvalue weighted by molar-refractivity contribution is 7.10. The van der Waals surface area contributed by atoms with E-state index in [1.807, 2.05) is 22.8 Å². The van der Waals surface area contributed by atoms with Crippen LogP contribution in [0.3, 0.4) is 0 Å². The van der Waals surface area contributed by atoms with Gasteiger partial charge >= 0.3 is 12.1 Å². The summed E-state index contributed by atoms with van der Waals surface area (Å²) in [6.45, 7) is 1.38. The summed E-state index contributed by atoms with van der Waals surface area (Å²) in [5, 5.41) is 7.10. The molecule has 0 aliphatic carbocycles. The second-order valence-corrected chi connectivity index (χ2v) is 7.38. The predicted molar refractivity (Wildman–Crippen MR) is 106 cm³/mol. The quantitative estimate of drug-likeness (QED) is 0.396. The van der Waals surface area contributed by atoms with Gasteiger partial charge in [0.1, 0.15) is 5.82 Å². The van der Waals surface area contributed by atoms with Crippen LogP contribution in [0.15, 0.2) is 60.0 Å². The van der Waals surface area contributed by atoms with Crippen molar-refractivity contribution in [2.45, 2.75) is 19.1 Å². The fraction of sp³-hybridized carbons (Fsp3) is 0.190. The van der Waals surface area contributed by atoms with Crippen LogP contribution < -0.4 is 10.6 Å². The van der Waals surface area contributed by atoms with E-state index >= 15 is 0 Å². The van der Waals surface area contributed by atoms with E-state index in [9.17, 15) is 22.4 Å². The van der Waals surface area contributed by atoms with E-state index in [2.05, 4.69) is 5.32 Å². The first-order chi connectivity index (χ1) is 13.8. The molecule has 2 aromatic carbocycles. The van der Waals surface area contributed by atoms with E-state index in [0.29, 0.717) is 13.1 Å². The summed E-state index contributed by atoms with van der Waals surface area (Å²) in [6.07, 6.45) is -4.19. The molecule has 1 heterocycles. The van der Waals surface area contributed by atoms with Crippen molar-refractivity contribution in [2.75, 3.05) is 11.9 Å². The van der Waals surface area contributed by atoms with E-state index in [0.717, 1.165) is 28.0 Å². The SMILES string of the molecule is O=C(Nc1ccc(-c2csc(CNCCc3cccc(F)c3)c2)cc1)C(F)(F)F. The Morgan fingerprint density at radius 2 is 1.76 bits per heavy atom. The van der Waals surface area contributed by atoms with Crippen LogP contribution in [0.2, 0.25) is 0 Å². The molecule has 0 fully saturated rings. The van der Waals surface area contributed by atoms with Crippen LogP contribution in [0.5, 0.6) is 0 Å². The molecule has 1 amide bonds. The third-order valence-electron chi connectivity index (χ3n) is 4.17. The van der Waals surface area contributed by atoms with Gasteiger partial charge in [0, 0.05) is 17.1 Å². The largest absolute Gasteiger partial charge is 0.471 e. The van der Waals surface area contributed by atoms with Gasteiger partial charge in [-0.05, 0) is 65.4 Å². The molecule has 3 rings (SSSR count). The number of alkyl halides is 3. The molecule has 152 valence electrons. The molecule has 2 N–H and O–H groups in total. The Morgan fingerprint density at radius 3 is 2.45 bits per heavy atom. The molecule has 0 spiro atoms. The van der Waals surface area contributed by atoms with Crippen LogP contribution in [-0.2, 0) is 17.8 Å². The molecule has 3 nitrogen and oxygen atoms in total. The lowest BCUT2D eigenvalue weighted by molar-refractivity contribution is -0.167. The zero-order valence-electron chi connectivity index (χ0n) is 15.2. The summed E-state index contributed by atoms with van der Waals surface area (Å²) in [5.74, 6) is -2.23. The maximum Gasteiger partial charge on any atom is 0.471 e.